The van der Waals surface area contributed by atoms with Crippen LogP contribution in [0.1, 0.15) is 40.2 Å². The standard InChI is InChI=1S/C30H28N4O7/c1-5-15-39-29-26(34(36)37)16-22(17-28(29)38-6-2)18-31-32-30(35)27-14-13-25(41-27)19-40-24-11-9-23(10-12-24)33-20(3)7-8-21(33)4/h1,7-14,16-18H,6,15,19H2,2-4H3,(H,32,35)/b31-18+. The number of terminal acetylenes is 1. The van der Waals surface area contributed by atoms with Gasteiger partial charge in [0.15, 0.2) is 11.5 Å². The predicted molar refractivity (Wildman–Crippen MR) is 152 cm³/mol. The molecule has 4 aromatic rings. The van der Waals surface area contributed by atoms with E-state index in [1.54, 1.807) is 13.0 Å². The van der Waals surface area contributed by atoms with E-state index < -0.39 is 10.8 Å². The Morgan fingerprint density at radius 1 is 1.10 bits per heavy atom. The third kappa shape index (κ3) is 6.93. The summed E-state index contributed by atoms with van der Waals surface area (Å²) in [6.45, 7) is 6.02. The van der Waals surface area contributed by atoms with E-state index in [0.29, 0.717) is 17.1 Å². The zero-order chi connectivity index (χ0) is 29.4. The maximum atomic E-state index is 12.5. The van der Waals surface area contributed by atoms with E-state index in [0.717, 1.165) is 17.1 Å². The molecule has 0 bridgehead atoms. The number of benzene rings is 2. The lowest BCUT2D eigenvalue weighted by molar-refractivity contribution is -0.385. The Hall–Kier alpha value is -5.50. The summed E-state index contributed by atoms with van der Waals surface area (Å²) in [5.41, 5.74) is 5.61. The molecule has 2 heterocycles. The predicted octanol–water partition coefficient (Wildman–Crippen LogP) is 5.35. The number of hydrogen-bond acceptors (Lipinski definition) is 8. The van der Waals surface area contributed by atoms with Gasteiger partial charge in [-0.05, 0) is 75.4 Å². The van der Waals surface area contributed by atoms with Crippen molar-refractivity contribution in [1.82, 2.24) is 9.99 Å². The van der Waals surface area contributed by atoms with Gasteiger partial charge in [0.05, 0.1) is 17.7 Å². The van der Waals surface area contributed by atoms with Crippen LogP contribution in [-0.4, -0.2) is 34.8 Å². The molecule has 0 saturated carbocycles. The van der Waals surface area contributed by atoms with E-state index in [9.17, 15) is 14.9 Å². The first-order valence-corrected chi connectivity index (χ1v) is 12.6. The summed E-state index contributed by atoms with van der Waals surface area (Å²) >= 11 is 0. The van der Waals surface area contributed by atoms with Crippen molar-refractivity contribution in [3.8, 4) is 35.3 Å². The van der Waals surface area contributed by atoms with E-state index in [-0.39, 0.29) is 42.8 Å². The number of rotatable bonds is 12. The summed E-state index contributed by atoms with van der Waals surface area (Å²) in [5, 5.41) is 15.5. The smallest absolute Gasteiger partial charge is 0.315 e. The summed E-state index contributed by atoms with van der Waals surface area (Å²) in [4.78, 5) is 23.5. The van der Waals surface area contributed by atoms with Crippen molar-refractivity contribution in [2.75, 3.05) is 13.2 Å². The molecule has 0 aliphatic carbocycles. The van der Waals surface area contributed by atoms with Crippen LogP contribution in [0.5, 0.6) is 17.2 Å². The molecule has 0 radical (unpaired) electrons. The van der Waals surface area contributed by atoms with Gasteiger partial charge in [-0.3, -0.25) is 14.9 Å². The van der Waals surface area contributed by atoms with Crippen LogP contribution in [0.25, 0.3) is 5.69 Å². The maximum Gasteiger partial charge on any atom is 0.315 e. The number of aryl methyl sites for hydroxylation is 2. The first kappa shape index (κ1) is 28.5. The number of hydrazone groups is 1. The molecule has 1 N–H and O–H groups in total. The lowest BCUT2D eigenvalue weighted by atomic mass is 10.2. The average Bonchev–Trinajstić information content (AvgIpc) is 3.57. The third-order valence-electron chi connectivity index (χ3n) is 5.87. The second-order valence-electron chi connectivity index (χ2n) is 8.75. The van der Waals surface area contributed by atoms with Gasteiger partial charge in [0.25, 0.3) is 0 Å². The van der Waals surface area contributed by atoms with Crippen LogP contribution in [-0.2, 0) is 6.61 Å². The number of carbonyl (C=O) groups excluding carboxylic acids is 1. The molecule has 0 aliphatic heterocycles. The molecule has 11 heteroatoms. The SMILES string of the molecule is C#CCOc1c(OCC)cc(/C=N/NC(=O)c2ccc(COc3ccc(-n4c(C)ccc4C)cc3)o2)cc1[N+](=O)[O-]. The van der Waals surface area contributed by atoms with E-state index >= 15 is 0 Å². The zero-order valence-electron chi connectivity index (χ0n) is 22.7. The molecule has 11 nitrogen and oxygen atoms in total. The molecule has 0 unspecified atom stereocenters. The number of nitrogens with zero attached hydrogens (tertiary/aromatic N) is 3. The minimum absolute atomic E-state index is 0.0219. The summed E-state index contributed by atoms with van der Waals surface area (Å²) in [6.07, 6.45) is 6.45. The largest absolute Gasteiger partial charge is 0.490 e. The Morgan fingerprint density at radius 2 is 1.83 bits per heavy atom. The number of carbonyl (C=O) groups is 1. The zero-order valence-corrected chi connectivity index (χ0v) is 22.7. The van der Waals surface area contributed by atoms with Crippen LogP contribution >= 0.6 is 0 Å². The highest BCUT2D eigenvalue weighted by Crippen LogP contribution is 2.38. The van der Waals surface area contributed by atoms with Crippen LogP contribution in [0.2, 0.25) is 0 Å². The quantitative estimate of drug-likeness (QED) is 0.108. The van der Waals surface area contributed by atoms with Crippen LogP contribution in [0.4, 0.5) is 5.69 Å². The van der Waals surface area contributed by atoms with Crippen molar-refractivity contribution in [1.29, 1.82) is 0 Å². The van der Waals surface area contributed by atoms with Gasteiger partial charge in [0, 0.05) is 28.7 Å². The Bertz CT molecular complexity index is 1590. The second-order valence-corrected chi connectivity index (χ2v) is 8.75. The number of nitro benzene ring substituents is 1. The highest BCUT2D eigenvalue weighted by atomic mass is 16.6. The number of furan rings is 1. The summed E-state index contributed by atoms with van der Waals surface area (Å²) in [6, 6.07) is 17.7. The summed E-state index contributed by atoms with van der Waals surface area (Å²) in [7, 11) is 0. The van der Waals surface area contributed by atoms with E-state index in [4.69, 9.17) is 25.1 Å². The fraction of sp³-hybridized carbons (Fsp3) is 0.200. The minimum atomic E-state index is -0.616. The highest BCUT2D eigenvalue weighted by molar-refractivity contribution is 5.92. The molecule has 0 fully saturated rings. The fourth-order valence-corrected chi connectivity index (χ4v) is 4.06. The summed E-state index contributed by atoms with van der Waals surface area (Å²) < 4.78 is 24.3. The van der Waals surface area contributed by atoms with Crippen LogP contribution in [0.3, 0.4) is 0 Å². The summed E-state index contributed by atoms with van der Waals surface area (Å²) in [5.74, 6) is 2.82. The van der Waals surface area contributed by atoms with E-state index in [1.165, 1.54) is 24.4 Å². The molecule has 0 saturated heterocycles. The molecule has 2 aromatic heterocycles. The molecule has 210 valence electrons. The number of ether oxygens (including phenoxy) is 3. The lowest BCUT2D eigenvalue weighted by Crippen LogP contribution is -2.16. The molecule has 4 rings (SSSR count). The minimum Gasteiger partial charge on any atom is -0.490 e. The van der Waals surface area contributed by atoms with Crippen molar-refractivity contribution >= 4 is 17.8 Å². The van der Waals surface area contributed by atoms with Gasteiger partial charge in [-0.2, -0.15) is 5.10 Å². The molecule has 0 spiro atoms. The molecule has 41 heavy (non-hydrogen) atoms. The van der Waals surface area contributed by atoms with Gasteiger partial charge in [-0.15, -0.1) is 6.42 Å². The topological polar surface area (TPSA) is 130 Å². The van der Waals surface area contributed by atoms with E-state index in [2.05, 4.69) is 33.1 Å². The Balaban J connectivity index is 1.37. The van der Waals surface area contributed by atoms with Gasteiger partial charge in [0.1, 0.15) is 24.7 Å². The second kappa shape index (κ2) is 13.0. The lowest BCUT2D eigenvalue weighted by Gasteiger charge is -2.11. The number of nitro groups is 1. The number of nitrogens with one attached hydrogen (secondary N) is 1. The first-order chi connectivity index (χ1) is 19.8. The Labute approximate surface area is 236 Å². The van der Waals surface area contributed by atoms with Gasteiger partial charge >= 0.3 is 11.6 Å². The van der Waals surface area contributed by atoms with Crippen molar-refractivity contribution < 1.29 is 28.3 Å². The maximum absolute atomic E-state index is 12.5. The monoisotopic (exact) mass is 556 g/mol. The molecule has 0 aliphatic rings. The van der Waals surface area contributed by atoms with Gasteiger partial charge in [0.2, 0.25) is 5.75 Å². The van der Waals surface area contributed by atoms with Crippen molar-refractivity contribution in [2.45, 2.75) is 27.4 Å². The molecular weight excluding hydrogens is 528 g/mol. The number of aromatic nitrogens is 1. The normalized spacial score (nSPS) is 10.8. The fourth-order valence-electron chi connectivity index (χ4n) is 4.06. The Morgan fingerprint density at radius 3 is 2.49 bits per heavy atom. The number of amides is 1. The average molecular weight is 557 g/mol. The van der Waals surface area contributed by atoms with Crippen LogP contribution < -0.4 is 19.6 Å². The Kier molecular flexibility index (Phi) is 9.06. The molecule has 0 atom stereocenters. The third-order valence-corrected chi connectivity index (χ3v) is 5.87. The highest BCUT2D eigenvalue weighted by Gasteiger charge is 2.22. The van der Waals surface area contributed by atoms with Crippen molar-refractivity contribution in [2.24, 2.45) is 5.10 Å². The molecule has 1 amide bonds. The van der Waals surface area contributed by atoms with Crippen molar-refractivity contribution in [3.63, 3.8) is 0 Å². The number of hydrogen-bond donors (Lipinski definition) is 1. The molecule has 2 aromatic carbocycles. The van der Waals surface area contributed by atoms with Crippen LogP contribution in [0.15, 0.2) is 70.2 Å². The van der Waals surface area contributed by atoms with Gasteiger partial charge < -0.3 is 23.2 Å². The van der Waals surface area contributed by atoms with E-state index in [1.807, 2.05) is 38.1 Å². The first-order valence-electron chi connectivity index (χ1n) is 12.6. The van der Waals surface area contributed by atoms with Crippen LogP contribution in [0, 0.1) is 36.3 Å². The van der Waals surface area contributed by atoms with Gasteiger partial charge in [-0.1, -0.05) is 5.92 Å². The van der Waals surface area contributed by atoms with Gasteiger partial charge in [-0.25, -0.2) is 5.43 Å². The molecular formula is C30H28N4O7. The van der Waals surface area contributed by atoms with Crippen molar-refractivity contribution in [3.05, 3.63) is 99.2 Å².